The zero-order valence-corrected chi connectivity index (χ0v) is 17.3. The monoisotopic (exact) mass is 445 g/mol. The summed E-state index contributed by atoms with van der Waals surface area (Å²) in [5.74, 6) is -0.549. The lowest BCUT2D eigenvalue weighted by molar-refractivity contribution is 0.414. The average molecular weight is 446 g/mol. The third-order valence-electron chi connectivity index (χ3n) is 5.14. The number of benzene rings is 1. The molecule has 1 aliphatic rings. The molecule has 30 heavy (non-hydrogen) atoms. The Kier molecular flexibility index (Phi) is 4.80. The van der Waals surface area contributed by atoms with E-state index < -0.39 is 16.8 Å². The molecule has 7 nitrogen and oxygen atoms in total. The summed E-state index contributed by atoms with van der Waals surface area (Å²) in [6, 6.07) is 9.78. The zero-order valence-electron chi connectivity index (χ0n) is 15.7. The highest BCUT2D eigenvalue weighted by Gasteiger charge is 2.26. The van der Waals surface area contributed by atoms with Gasteiger partial charge in [-0.25, -0.2) is 22.6 Å². The number of aromatic amines is 1. The van der Waals surface area contributed by atoms with Crippen LogP contribution in [0.25, 0.3) is 5.65 Å². The van der Waals surface area contributed by atoms with Crippen molar-refractivity contribution in [3.05, 3.63) is 86.9 Å². The molecule has 0 spiro atoms. The molecule has 0 saturated carbocycles. The molecule has 0 saturated heterocycles. The first-order valence-corrected chi connectivity index (χ1v) is 10.8. The second-order valence-electron chi connectivity index (χ2n) is 7.10. The Morgan fingerprint density at radius 1 is 1.27 bits per heavy atom. The fourth-order valence-corrected chi connectivity index (χ4v) is 5.12. The van der Waals surface area contributed by atoms with Gasteiger partial charge in [0.05, 0.1) is 34.4 Å². The summed E-state index contributed by atoms with van der Waals surface area (Å²) in [4.78, 5) is 17.8. The Bertz CT molecular complexity index is 1310. The van der Waals surface area contributed by atoms with Crippen LogP contribution in [0.2, 0.25) is 5.02 Å². The van der Waals surface area contributed by atoms with Gasteiger partial charge in [0.2, 0.25) is 0 Å². The highest BCUT2D eigenvalue weighted by Crippen LogP contribution is 2.23. The van der Waals surface area contributed by atoms with Crippen LogP contribution in [0.4, 0.5) is 4.39 Å². The molecule has 5 rings (SSSR count). The molecule has 3 aromatic heterocycles. The summed E-state index contributed by atoms with van der Waals surface area (Å²) in [7, 11) is -1.51. The van der Waals surface area contributed by atoms with Crippen LogP contribution in [0.3, 0.4) is 0 Å². The van der Waals surface area contributed by atoms with E-state index in [9.17, 15) is 13.4 Å². The summed E-state index contributed by atoms with van der Waals surface area (Å²) in [5, 5.41) is 3.08. The van der Waals surface area contributed by atoms with Gasteiger partial charge in [0.15, 0.2) is 0 Å². The zero-order chi connectivity index (χ0) is 20.8. The molecular formula is C20H17ClFN5O2S. The van der Waals surface area contributed by atoms with Crippen LogP contribution >= 0.6 is 11.6 Å². The van der Waals surface area contributed by atoms with E-state index >= 15 is 0 Å². The Labute approximate surface area is 178 Å². The lowest BCUT2D eigenvalue weighted by atomic mass is 10.1. The lowest BCUT2D eigenvalue weighted by Gasteiger charge is -2.24. The first-order valence-electron chi connectivity index (χ1n) is 9.34. The molecule has 1 aliphatic heterocycles. The van der Waals surface area contributed by atoms with Gasteiger partial charge in [-0.05, 0) is 36.8 Å². The van der Waals surface area contributed by atoms with E-state index in [1.807, 2.05) is 35.0 Å². The number of pyridine rings is 1. The van der Waals surface area contributed by atoms with Crippen LogP contribution < -0.4 is 5.56 Å². The lowest BCUT2D eigenvalue weighted by Crippen LogP contribution is -2.33. The first kappa shape index (κ1) is 19.2. The number of nitrogens with zero attached hydrogens (tertiary/aromatic N) is 4. The van der Waals surface area contributed by atoms with Crippen LogP contribution in [-0.2, 0) is 30.5 Å². The maximum Gasteiger partial charge on any atom is 0.270 e. The van der Waals surface area contributed by atoms with E-state index in [2.05, 4.69) is 10.1 Å². The van der Waals surface area contributed by atoms with Gasteiger partial charge in [-0.1, -0.05) is 17.7 Å². The number of halogens is 2. The fourth-order valence-electron chi connectivity index (χ4n) is 3.67. The van der Waals surface area contributed by atoms with E-state index in [0.717, 1.165) is 17.0 Å². The van der Waals surface area contributed by atoms with Crippen molar-refractivity contribution < 1.29 is 8.60 Å². The number of hydrogen-bond acceptors (Lipinski definition) is 3. The maximum absolute atomic E-state index is 13.4. The van der Waals surface area contributed by atoms with Gasteiger partial charge in [-0.3, -0.25) is 9.89 Å². The molecule has 0 bridgehead atoms. The highest BCUT2D eigenvalue weighted by atomic mass is 35.5. The SMILES string of the molecule is O=c1c2c([nH]n1Cc1cn3ccccc3n1)CN(S(=O)c1ccc(F)c(Cl)c1)CC2. The summed E-state index contributed by atoms with van der Waals surface area (Å²) in [6.45, 7) is 1.10. The number of imidazole rings is 1. The quantitative estimate of drug-likeness (QED) is 0.525. The number of rotatable bonds is 4. The average Bonchev–Trinajstić information content (AvgIpc) is 3.29. The van der Waals surface area contributed by atoms with Crippen molar-refractivity contribution >= 4 is 28.2 Å². The molecule has 154 valence electrons. The first-order chi connectivity index (χ1) is 14.5. The Morgan fingerprint density at radius 2 is 2.13 bits per heavy atom. The standard InChI is InChI=1S/C20H17ClFN5O2S/c21-16-9-14(4-5-17(16)22)30(29)26-8-6-15-18(12-26)24-27(20(15)28)11-13-10-25-7-2-1-3-19(25)23-13/h1-5,7,9-10,24H,6,8,11-12H2. The van der Waals surface area contributed by atoms with Crippen molar-refractivity contribution in [3.63, 3.8) is 0 Å². The summed E-state index contributed by atoms with van der Waals surface area (Å²) in [5.41, 5.74) is 2.93. The third-order valence-corrected chi connectivity index (χ3v) is 6.87. The van der Waals surface area contributed by atoms with Gasteiger partial charge >= 0.3 is 0 Å². The van der Waals surface area contributed by atoms with Crippen LogP contribution in [0.1, 0.15) is 17.0 Å². The highest BCUT2D eigenvalue weighted by molar-refractivity contribution is 7.82. The van der Waals surface area contributed by atoms with E-state index in [0.29, 0.717) is 36.5 Å². The molecule has 1 atom stereocenters. The second kappa shape index (κ2) is 7.50. The summed E-state index contributed by atoms with van der Waals surface area (Å²) >= 11 is 5.82. The predicted molar refractivity (Wildman–Crippen MR) is 111 cm³/mol. The summed E-state index contributed by atoms with van der Waals surface area (Å²) in [6.07, 6.45) is 4.27. The molecule has 0 radical (unpaired) electrons. The van der Waals surface area contributed by atoms with Crippen molar-refractivity contribution in [1.29, 1.82) is 0 Å². The van der Waals surface area contributed by atoms with Crippen LogP contribution in [-0.4, -0.2) is 34.2 Å². The molecular weight excluding hydrogens is 429 g/mol. The predicted octanol–water partition coefficient (Wildman–Crippen LogP) is 2.75. The second-order valence-corrected chi connectivity index (χ2v) is 8.99. The fraction of sp³-hybridized carbons (Fsp3) is 0.200. The third kappa shape index (κ3) is 3.38. The Hall–Kier alpha value is -2.75. The van der Waals surface area contributed by atoms with Crippen molar-refractivity contribution in [3.8, 4) is 0 Å². The summed E-state index contributed by atoms with van der Waals surface area (Å²) < 4.78 is 31.5. The maximum atomic E-state index is 13.4. The number of aromatic nitrogens is 4. The molecule has 1 unspecified atom stereocenters. The minimum atomic E-state index is -1.51. The van der Waals surface area contributed by atoms with Crippen LogP contribution in [0.15, 0.2) is 58.5 Å². The van der Waals surface area contributed by atoms with Gasteiger partial charge in [0.1, 0.15) is 22.5 Å². The Morgan fingerprint density at radius 3 is 2.93 bits per heavy atom. The number of nitrogens with one attached hydrogen (secondary N) is 1. The molecule has 4 aromatic rings. The molecule has 0 amide bonds. The van der Waals surface area contributed by atoms with Crippen LogP contribution in [0, 0.1) is 5.82 Å². The smallest absolute Gasteiger partial charge is 0.270 e. The van der Waals surface area contributed by atoms with E-state index in [1.165, 1.54) is 22.9 Å². The van der Waals surface area contributed by atoms with Crippen molar-refractivity contribution in [1.82, 2.24) is 23.5 Å². The van der Waals surface area contributed by atoms with E-state index in [-0.39, 0.29) is 10.6 Å². The number of H-pyrrole nitrogens is 1. The molecule has 1 aromatic carbocycles. The van der Waals surface area contributed by atoms with E-state index in [4.69, 9.17) is 11.6 Å². The topological polar surface area (TPSA) is 75.4 Å². The minimum absolute atomic E-state index is 0.0643. The van der Waals surface area contributed by atoms with Crippen molar-refractivity contribution in [2.75, 3.05) is 6.54 Å². The van der Waals surface area contributed by atoms with Gasteiger partial charge in [0, 0.05) is 24.5 Å². The molecule has 0 fully saturated rings. The van der Waals surface area contributed by atoms with Gasteiger partial charge in [-0.15, -0.1) is 0 Å². The Balaban J connectivity index is 1.38. The van der Waals surface area contributed by atoms with E-state index in [1.54, 1.807) is 4.31 Å². The minimum Gasteiger partial charge on any atom is -0.307 e. The number of hydrogen-bond donors (Lipinski definition) is 1. The van der Waals surface area contributed by atoms with Crippen molar-refractivity contribution in [2.45, 2.75) is 24.4 Å². The van der Waals surface area contributed by atoms with Gasteiger partial charge < -0.3 is 4.40 Å². The van der Waals surface area contributed by atoms with Gasteiger partial charge in [-0.2, -0.15) is 0 Å². The van der Waals surface area contributed by atoms with Crippen molar-refractivity contribution in [2.24, 2.45) is 0 Å². The molecule has 0 aliphatic carbocycles. The number of fused-ring (bicyclic) bond motifs is 2. The molecule has 10 heteroatoms. The van der Waals surface area contributed by atoms with Crippen LogP contribution in [0.5, 0.6) is 0 Å². The normalized spacial score (nSPS) is 15.4. The molecule has 4 heterocycles. The molecule has 1 N–H and O–H groups in total. The van der Waals surface area contributed by atoms with Gasteiger partial charge in [0.25, 0.3) is 5.56 Å². The largest absolute Gasteiger partial charge is 0.307 e.